The number of carbonyl (C=O) groups excluding carboxylic acids is 1. The number of hydrogen-bond donors (Lipinski definition) is 2. The van der Waals surface area contributed by atoms with Gasteiger partial charge in [0.2, 0.25) is 15.9 Å². The van der Waals surface area contributed by atoms with Crippen molar-refractivity contribution >= 4 is 15.9 Å². The molecule has 3 N–H and O–H groups in total. The van der Waals surface area contributed by atoms with Crippen LogP contribution in [0.5, 0.6) is 0 Å². The minimum absolute atomic E-state index is 0.0397. The van der Waals surface area contributed by atoms with Gasteiger partial charge in [-0.05, 0) is 19.3 Å². The van der Waals surface area contributed by atoms with E-state index in [1.807, 2.05) is 6.92 Å². The van der Waals surface area contributed by atoms with E-state index in [-0.39, 0.29) is 18.0 Å². The predicted molar refractivity (Wildman–Crippen MR) is 70.5 cm³/mol. The highest BCUT2D eigenvalue weighted by molar-refractivity contribution is 7.88. The molecular formula is C11H23N3O3S. The summed E-state index contributed by atoms with van der Waals surface area (Å²) < 4.78 is 24.1. The Labute approximate surface area is 109 Å². The molecule has 0 aromatic heterocycles. The maximum Gasteiger partial charge on any atom is 0.221 e. The van der Waals surface area contributed by atoms with Gasteiger partial charge >= 0.3 is 0 Å². The lowest BCUT2D eigenvalue weighted by molar-refractivity contribution is -0.122. The molecule has 7 heteroatoms. The molecule has 1 rings (SSSR count). The molecule has 1 atom stereocenters. The zero-order valence-electron chi connectivity index (χ0n) is 11.1. The first-order chi connectivity index (χ1) is 8.32. The first kappa shape index (κ1) is 15.4. The molecule has 0 radical (unpaired) electrons. The highest BCUT2D eigenvalue weighted by Crippen LogP contribution is 2.13. The molecule has 106 valence electrons. The number of hydrogen-bond acceptors (Lipinski definition) is 4. The van der Waals surface area contributed by atoms with Gasteiger partial charge in [-0.15, -0.1) is 0 Å². The van der Waals surface area contributed by atoms with Crippen LogP contribution in [0.4, 0.5) is 0 Å². The maximum atomic E-state index is 11.6. The van der Waals surface area contributed by atoms with Crippen molar-refractivity contribution in [3.8, 4) is 0 Å². The van der Waals surface area contributed by atoms with Crippen LogP contribution >= 0.6 is 0 Å². The van der Waals surface area contributed by atoms with E-state index in [1.54, 1.807) is 0 Å². The van der Waals surface area contributed by atoms with Crippen molar-refractivity contribution in [1.82, 2.24) is 9.62 Å². The van der Waals surface area contributed by atoms with Crippen LogP contribution in [0.2, 0.25) is 0 Å². The Morgan fingerprint density at radius 2 is 2.00 bits per heavy atom. The van der Waals surface area contributed by atoms with Gasteiger partial charge in [0.1, 0.15) is 0 Å². The first-order valence-electron chi connectivity index (χ1n) is 6.33. The van der Waals surface area contributed by atoms with Crippen LogP contribution in [0.25, 0.3) is 0 Å². The second kappa shape index (κ2) is 6.49. The fourth-order valence-corrected chi connectivity index (χ4v) is 2.87. The molecule has 0 aromatic carbocycles. The molecule has 0 aromatic rings. The van der Waals surface area contributed by atoms with Crippen LogP contribution in [0.1, 0.15) is 32.6 Å². The molecule has 1 aliphatic heterocycles. The molecule has 1 aliphatic rings. The number of rotatable bonds is 5. The van der Waals surface area contributed by atoms with E-state index in [9.17, 15) is 13.2 Å². The van der Waals surface area contributed by atoms with Crippen molar-refractivity contribution in [2.45, 2.75) is 44.7 Å². The molecule has 0 spiro atoms. The number of nitrogens with zero attached hydrogens (tertiary/aromatic N) is 1. The SMILES string of the molecule is CCC(N)CC(=O)NC1CCN(S(C)(=O)=O)CC1. The van der Waals surface area contributed by atoms with Gasteiger partial charge in [-0.2, -0.15) is 0 Å². The van der Waals surface area contributed by atoms with E-state index in [1.165, 1.54) is 10.6 Å². The Kier molecular flexibility index (Phi) is 5.55. The summed E-state index contributed by atoms with van der Waals surface area (Å²) in [5.74, 6) is -0.0397. The van der Waals surface area contributed by atoms with Crippen molar-refractivity contribution < 1.29 is 13.2 Å². The Bertz CT molecular complexity index is 375. The molecule has 0 bridgehead atoms. The van der Waals surface area contributed by atoms with Gasteiger partial charge in [0.15, 0.2) is 0 Å². The number of amides is 1. The Hall–Kier alpha value is -0.660. The summed E-state index contributed by atoms with van der Waals surface area (Å²) in [7, 11) is -3.10. The van der Waals surface area contributed by atoms with E-state index in [0.717, 1.165) is 6.42 Å². The predicted octanol–water partition coefficient (Wildman–Crippen LogP) is -0.346. The van der Waals surface area contributed by atoms with Gasteiger partial charge in [0, 0.05) is 31.6 Å². The zero-order chi connectivity index (χ0) is 13.8. The maximum absolute atomic E-state index is 11.6. The molecule has 1 heterocycles. The molecular weight excluding hydrogens is 254 g/mol. The third-order valence-electron chi connectivity index (χ3n) is 3.26. The second-order valence-electron chi connectivity index (χ2n) is 4.88. The Morgan fingerprint density at radius 1 is 1.44 bits per heavy atom. The summed E-state index contributed by atoms with van der Waals surface area (Å²) in [4.78, 5) is 11.6. The van der Waals surface area contributed by atoms with Gasteiger partial charge in [-0.3, -0.25) is 4.79 Å². The largest absolute Gasteiger partial charge is 0.353 e. The highest BCUT2D eigenvalue weighted by Gasteiger charge is 2.25. The standard InChI is InChI=1S/C11H23N3O3S/c1-3-9(12)8-11(15)13-10-4-6-14(7-5-10)18(2,16)17/h9-10H,3-8,12H2,1-2H3,(H,13,15). The second-order valence-corrected chi connectivity index (χ2v) is 6.86. The number of carbonyl (C=O) groups is 1. The fourth-order valence-electron chi connectivity index (χ4n) is 2.00. The molecule has 0 aliphatic carbocycles. The van der Waals surface area contributed by atoms with Gasteiger partial charge in [-0.1, -0.05) is 6.92 Å². The van der Waals surface area contributed by atoms with Crippen LogP contribution < -0.4 is 11.1 Å². The average Bonchev–Trinajstić information content (AvgIpc) is 2.28. The smallest absolute Gasteiger partial charge is 0.221 e. The summed E-state index contributed by atoms with van der Waals surface area (Å²) in [6.07, 6.45) is 3.66. The van der Waals surface area contributed by atoms with Crippen LogP contribution in [0, 0.1) is 0 Å². The fraction of sp³-hybridized carbons (Fsp3) is 0.909. The number of nitrogens with two attached hydrogens (primary N) is 1. The van der Waals surface area contributed by atoms with E-state index in [2.05, 4.69) is 5.32 Å². The zero-order valence-corrected chi connectivity index (χ0v) is 11.9. The normalized spacial score (nSPS) is 20.6. The minimum Gasteiger partial charge on any atom is -0.353 e. The van der Waals surface area contributed by atoms with Crippen LogP contribution in [0.15, 0.2) is 0 Å². The Balaban J connectivity index is 2.34. The molecule has 6 nitrogen and oxygen atoms in total. The van der Waals surface area contributed by atoms with Gasteiger partial charge in [0.25, 0.3) is 0 Å². The summed E-state index contributed by atoms with van der Waals surface area (Å²) in [5.41, 5.74) is 5.71. The monoisotopic (exact) mass is 277 g/mol. The first-order valence-corrected chi connectivity index (χ1v) is 8.17. The van der Waals surface area contributed by atoms with Crippen molar-refractivity contribution in [1.29, 1.82) is 0 Å². The van der Waals surface area contributed by atoms with Crippen LogP contribution in [0.3, 0.4) is 0 Å². The van der Waals surface area contributed by atoms with E-state index >= 15 is 0 Å². The van der Waals surface area contributed by atoms with Crippen molar-refractivity contribution in [3.63, 3.8) is 0 Å². The average molecular weight is 277 g/mol. The third kappa shape index (κ3) is 4.91. The Morgan fingerprint density at radius 3 is 2.44 bits per heavy atom. The summed E-state index contributed by atoms with van der Waals surface area (Å²) >= 11 is 0. The quantitative estimate of drug-likeness (QED) is 0.718. The number of piperidine rings is 1. The molecule has 1 amide bonds. The summed E-state index contributed by atoms with van der Waals surface area (Å²) in [6.45, 7) is 2.90. The number of sulfonamides is 1. The molecule has 1 unspecified atom stereocenters. The van der Waals surface area contributed by atoms with Crippen molar-refractivity contribution in [2.24, 2.45) is 5.73 Å². The highest BCUT2D eigenvalue weighted by atomic mass is 32.2. The molecule has 0 saturated carbocycles. The van der Waals surface area contributed by atoms with E-state index in [4.69, 9.17) is 5.73 Å². The minimum atomic E-state index is -3.10. The topological polar surface area (TPSA) is 92.5 Å². The number of nitrogens with one attached hydrogen (secondary N) is 1. The van der Waals surface area contributed by atoms with Crippen molar-refractivity contribution in [3.05, 3.63) is 0 Å². The van der Waals surface area contributed by atoms with Gasteiger partial charge < -0.3 is 11.1 Å². The van der Waals surface area contributed by atoms with Crippen LogP contribution in [-0.4, -0.2) is 50.1 Å². The van der Waals surface area contributed by atoms with E-state index < -0.39 is 10.0 Å². The molecule has 18 heavy (non-hydrogen) atoms. The molecule has 1 saturated heterocycles. The van der Waals surface area contributed by atoms with Crippen molar-refractivity contribution in [2.75, 3.05) is 19.3 Å². The van der Waals surface area contributed by atoms with Gasteiger partial charge in [0.05, 0.1) is 6.26 Å². The molecule has 1 fully saturated rings. The summed E-state index contributed by atoms with van der Waals surface area (Å²) in [5, 5.41) is 2.92. The lowest BCUT2D eigenvalue weighted by Crippen LogP contribution is -2.47. The van der Waals surface area contributed by atoms with E-state index in [0.29, 0.717) is 32.4 Å². The lowest BCUT2D eigenvalue weighted by Gasteiger charge is -2.30. The van der Waals surface area contributed by atoms with Crippen LogP contribution in [-0.2, 0) is 14.8 Å². The lowest BCUT2D eigenvalue weighted by atomic mass is 10.1. The third-order valence-corrected chi connectivity index (χ3v) is 4.56. The summed E-state index contributed by atoms with van der Waals surface area (Å²) in [6, 6.07) is -0.0272. The van der Waals surface area contributed by atoms with Gasteiger partial charge in [-0.25, -0.2) is 12.7 Å².